The highest BCUT2D eigenvalue weighted by molar-refractivity contribution is 7.92. The molecule has 0 fully saturated rings. The molecule has 2 aliphatic carbocycles. The molecule has 9 rings (SSSR count). The van der Waals surface area contributed by atoms with Gasteiger partial charge in [0.1, 0.15) is 35.6 Å². The fraction of sp³-hybridized carbons (Fsp3) is 0.225. The van der Waals surface area contributed by atoms with Gasteiger partial charge in [-0.05, 0) is 36.2 Å². The van der Waals surface area contributed by atoms with Crippen LogP contribution in [0.5, 0.6) is 0 Å². The first-order valence-corrected chi connectivity index (χ1v) is 20.0. The lowest BCUT2D eigenvalue weighted by atomic mass is 9.84. The number of fused-ring (bicyclic) bond motifs is 5. The number of rotatable bonds is 10. The predicted octanol–water partition coefficient (Wildman–Crippen LogP) is 6.97. The minimum Gasteiger partial charge on any atom is -0.346 e. The monoisotopic (exact) mass is 847 g/mol. The molecule has 4 aromatic heterocycles. The van der Waals surface area contributed by atoms with Crippen LogP contribution in [0.4, 0.5) is 36.6 Å². The number of benzene rings is 3. The molecule has 3 aromatic carbocycles. The van der Waals surface area contributed by atoms with Crippen LogP contribution in [0.3, 0.4) is 0 Å². The Bertz CT molecular complexity index is 3070. The number of sulfonamides is 1. The molecule has 3 N–H and O–H groups in total. The summed E-state index contributed by atoms with van der Waals surface area (Å²) < 4.78 is 132. The minimum atomic E-state index is -5.14. The quantitative estimate of drug-likeness (QED) is 0.0994. The van der Waals surface area contributed by atoms with Gasteiger partial charge in [-0.2, -0.15) is 32.1 Å². The number of halogens is 7. The van der Waals surface area contributed by atoms with E-state index in [0.717, 1.165) is 18.4 Å². The number of imidazole rings is 1. The second-order valence-electron chi connectivity index (χ2n) is 14.5. The first kappa shape index (κ1) is 38.8. The molecule has 4 heterocycles. The van der Waals surface area contributed by atoms with Gasteiger partial charge >= 0.3 is 12.1 Å². The molecule has 60 heavy (non-hydrogen) atoms. The van der Waals surface area contributed by atoms with Crippen LogP contribution in [0.15, 0.2) is 72.8 Å². The average Bonchev–Trinajstić information content (AvgIpc) is 3.85. The molecule has 2 aliphatic rings. The summed E-state index contributed by atoms with van der Waals surface area (Å²) in [6, 6.07) is 16.9. The summed E-state index contributed by atoms with van der Waals surface area (Å²) in [4.78, 5) is 26.8. The fourth-order valence-electron chi connectivity index (χ4n) is 7.91. The van der Waals surface area contributed by atoms with Crippen LogP contribution < -0.4 is 10.0 Å². The van der Waals surface area contributed by atoms with Crippen molar-refractivity contribution in [3.8, 4) is 34.4 Å². The summed E-state index contributed by atoms with van der Waals surface area (Å²) in [6.07, 6.45) is -4.56. The van der Waals surface area contributed by atoms with E-state index in [2.05, 4.69) is 42.0 Å². The molecule has 0 spiro atoms. The summed E-state index contributed by atoms with van der Waals surface area (Å²) in [5.74, 6) is -4.99. The Morgan fingerprint density at radius 3 is 2.37 bits per heavy atom. The van der Waals surface area contributed by atoms with Crippen LogP contribution in [0, 0.1) is 29.4 Å². The van der Waals surface area contributed by atoms with Crippen molar-refractivity contribution in [1.82, 2.24) is 39.8 Å². The second kappa shape index (κ2) is 13.7. The Labute approximate surface area is 334 Å². The maximum atomic E-state index is 15.6. The van der Waals surface area contributed by atoms with Crippen molar-refractivity contribution in [1.29, 1.82) is 0 Å². The number of nitrogens with zero attached hydrogens (tertiary/aromatic N) is 6. The highest BCUT2D eigenvalue weighted by Crippen LogP contribution is 2.58. The summed E-state index contributed by atoms with van der Waals surface area (Å²) in [7, 11) is -2.23. The topological polar surface area (TPSA) is 152 Å². The highest BCUT2D eigenvalue weighted by Gasteiger charge is 2.62. The zero-order valence-corrected chi connectivity index (χ0v) is 31.9. The maximum absolute atomic E-state index is 15.6. The largest absolute Gasteiger partial charge is 0.435 e. The van der Waals surface area contributed by atoms with E-state index in [0.29, 0.717) is 44.1 Å². The van der Waals surface area contributed by atoms with Gasteiger partial charge in [0.05, 0.1) is 34.9 Å². The van der Waals surface area contributed by atoms with E-state index < -0.39 is 81.0 Å². The van der Waals surface area contributed by atoms with Gasteiger partial charge < -0.3 is 10.3 Å². The zero-order valence-electron chi connectivity index (χ0n) is 31.0. The van der Waals surface area contributed by atoms with Gasteiger partial charge in [-0.1, -0.05) is 54.3 Å². The van der Waals surface area contributed by atoms with Gasteiger partial charge in [-0.3, -0.25) is 18.9 Å². The van der Waals surface area contributed by atoms with Gasteiger partial charge in [0, 0.05) is 40.8 Å². The number of aryl methyl sites for hydroxylation is 1. The van der Waals surface area contributed by atoms with Crippen LogP contribution in [0.2, 0.25) is 0 Å². The molecule has 7 aromatic rings. The maximum Gasteiger partial charge on any atom is 0.435 e. The van der Waals surface area contributed by atoms with Crippen LogP contribution in [0.1, 0.15) is 40.2 Å². The number of amides is 1. The summed E-state index contributed by atoms with van der Waals surface area (Å²) in [5, 5.41) is 10.9. The van der Waals surface area contributed by atoms with Gasteiger partial charge in [0.15, 0.2) is 17.2 Å². The van der Waals surface area contributed by atoms with Crippen molar-refractivity contribution >= 4 is 43.8 Å². The standard InChI is InChI=1S/C40H28F7N9O3S/c1-55-33-23(9-6-10-25(33)37(53-55)54-60(2,58)59)26-17-29-38(51-36(49-29)20-7-4-3-5-8-20)50-32(26)28(15-19-13-21(41)16-22(42)14-19)48-30(57)18-56-35-31(34(52-56)40(45,46)47)24-11-12-27(24)39(35,43)44/h3-10,13-14,16-17,24,27-28H,15,18H2,1-2H3,(H,48,57)(H,53,54)(H,49,50,51)/t24-,27+,28-/m0/s1. The van der Waals surface area contributed by atoms with E-state index in [-0.39, 0.29) is 34.7 Å². The van der Waals surface area contributed by atoms with Crippen molar-refractivity contribution in [2.45, 2.75) is 37.0 Å². The molecule has 1 amide bonds. The summed E-state index contributed by atoms with van der Waals surface area (Å²) >= 11 is 0. The number of hydrogen-bond acceptors (Lipinski definition) is 7. The van der Waals surface area contributed by atoms with E-state index >= 15 is 8.78 Å². The van der Waals surface area contributed by atoms with E-state index in [1.807, 2.05) is 6.07 Å². The predicted molar refractivity (Wildman–Crippen MR) is 204 cm³/mol. The molecule has 12 nitrogen and oxygen atoms in total. The van der Waals surface area contributed by atoms with Crippen molar-refractivity contribution in [2.24, 2.45) is 13.0 Å². The number of carbonyl (C=O) groups excluding carboxylic acids is 1. The van der Waals surface area contributed by atoms with Crippen molar-refractivity contribution in [3.05, 3.63) is 113 Å². The third kappa shape index (κ3) is 6.67. The molecule has 0 bridgehead atoms. The van der Waals surface area contributed by atoms with Crippen molar-refractivity contribution in [2.75, 3.05) is 11.0 Å². The molecule has 306 valence electrons. The molecule has 0 radical (unpaired) electrons. The van der Waals surface area contributed by atoms with Crippen LogP contribution in [-0.4, -0.2) is 55.1 Å². The number of pyridine rings is 1. The van der Waals surface area contributed by atoms with E-state index in [9.17, 15) is 35.2 Å². The smallest absolute Gasteiger partial charge is 0.346 e. The molecule has 0 unspecified atom stereocenters. The van der Waals surface area contributed by atoms with Crippen LogP contribution in [-0.2, 0) is 46.9 Å². The number of hydrogen-bond donors (Lipinski definition) is 3. The Morgan fingerprint density at radius 2 is 1.70 bits per heavy atom. The number of nitrogens with one attached hydrogen (secondary N) is 3. The van der Waals surface area contributed by atoms with E-state index in [1.165, 1.54) is 4.68 Å². The molecular formula is C40H28F7N9O3S. The number of carbonyl (C=O) groups is 1. The highest BCUT2D eigenvalue weighted by atomic mass is 32.2. The van der Waals surface area contributed by atoms with Gasteiger partial charge in [-0.15, -0.1) is 0 Å². The normalized spacial score (nSPS) is 17.1. The number of alkyl halides is 5. The first-order chi connectivity index (χ1) is 28.4. The van der Waals surface area contributed by atoms with Gasteiger partial charge in [0.2, 0.25) is 15.9 Å². The minimum absolute atomic E-state index is 0.000972. The molecule has 0 saturated heterocycles. The number of aromatic amines is 1. The van der Waals surface area contributed by atoms with Gasteiger partial charge in [0.25, 0.3) is 0 Å². The lowest BCUT2D eigenvalue weighted by molar-refractivity contribution is -0.142. The Morgan fingerprint density at radius 1 is 0.967 bits per heavy atom. The van der Waals surface area contributed by atoms with Crippen LogP contribution in [0.25, 0.3) is 44.6 Å². The Kier molecular flexibility index (Phi) is 8.82. The number of para-hydroxylation sites is 1. The number of H-pyrrole nitrogens is 1. The first-order valence-electron chi connectivity index (χ1n) is 18.1. The van der Waals surface area contributed by atoms with E-state index in [1.54, 1.807) is 55.6 Å². The zero-order chi connectivity index (χ0) is 42.5. The molecule has 3 atom stereocenters. The third-order valence-electron chi connectivity index (χ3n) is 10.3. The number of aromatic nitrogens is 7. The van der Waals surface area contributed by atoms with Crippen LogP contribution >= 0.6 is 0 Å². The summed E-state index contributed by atoms with van der Waals surface area (Å²) in [5.41, 5.74) is -1.11. The number of anilines is 1. The lowest BCUT2D eigenvalue weighted by Crippen LogP contribution is -2.36. The third-order valence-corrected chi connectivity index (χ3v) is 10.9. The molecule has 20 heteroatoms. The Hall–Kier alpha value is -6.75. The van der Waals surface area contributed by atoms with Gasteiger partial charge in [-0.25, -0.2) is 27.2 Å². The fourth-order valence-corrected chi connectivity index (χ4v) is 8.42. The SMILES string of the molecule is Cn1nc(NS(C)(=O)=O)c2cccc(-c3cc4[nH]c(-c5ccccc5)nc4nc3[C@H](Cc3cc(F)cc(F)c3)NC(=O)Cn3nc(C(F)(F)F)c4c3C(F)(F)[C@@H]3C#C[C@H]43)c21. The second-order valence-corrected chi connectivity index (χ2v) is 16.3. The molecule has 0 saturated carbocycles. The lowest BCUT2D eigenvalue weighted by Gasteiger charge is -2.24. The average molecular weight is 848 g/mol. The Balaban J connectivity index is 1.21. The van der Waals surface area contributed by atoms with Crippen molar-refractivity contribution in [3.63, 3.8) is 0 Å². The van der Waals surface area contributed by atoms with Crippen molar-refractivity contribution < 1.29 is 43.9 Å². The summed E-state index contributed by atoms with van der Waals surface area (Å²) in [6.45, 7) is -1.11. The van der Waals surface area contributed by atoms with E-state index in [4.69, 9.17) is 4.98 Å². The molecular weight excluding hydrogens is 820 g/mol. The molecule has 0 aliphatic heterocycles.